The van der Waals surface area contributed by atoms with E-state index in [2.05, 4.69) is 9.71 Å². The third-order valence-corrected chi connectivity index (χ3v) is 5.66. The van der Waals surface area contributed by atoms with Crippen molar-refractivity contribution in [1.82, 2.24) is 14.3 Å². The summed E-state index contributed by atoms with van der Waals surface area (Å²) in [6, 6.07) is 4.02. The van der Waals surface area contributed by atoms with Gasteiger partial charge in [0, 0.05) is 38.4 Å². The summed E-state index contributed by atoms with van der Waals surface area (Å²) in [6.45, 7) is 1.38. The highest BCUT2D eigenvalue weighted by atomic mass is 32.2. The van der Waals surface area contributed by atoms with Gasteiger partial charge in [0.1, 0.15) is 11.6 Å². The van der Waals surface area contributed by atoms with Gasteiger partial charge in [-0.15, -0.1) is 0 Å². The third kappa shape index (κ3) is 2.96. The number of nitrogens with one attached hydrogen (secondary N) is 1. The standard InChI is InChI=1S/C15H19FN4O2S/c1-17-23(21,22)12-3-4-14(13(16)9-12)20-7-5-11(10-20)15-18-6-8-19(15)2/h3-4,6,8-9,11,17H,5,7,10H2,1-2H3. The van der Waals surface area contributed by atoms with Crippen molar-refractivity contribution in [1.29, 1.82) is 0 Å². The van der Waals surface area contributed by atoms with E-state index in [1.54, 1.807) is 6.20 Å². The highest BCUT2D eigenvalue weighted by Crippen LogP contribution is 2.32. The van der Waals surface area contributed by atoms with Crippen LogP contribution in [0.2, 0.25) is 0 Å². The van der Waals surface area contributed by atoms with Gasteiger partial charge in [-0.1, -0.05) is 0 Å². The van der Waals surface area contributed by atoms with E-state index in [0.717, 1.165) is 18.3 Å². The summed E-state index contributed by atoms with van der Waals surface area (Å²) in [7, 11) is -0.383. The van der Waals surface area contributed by atoms with Gasteiger partial charge in [0.2, 0.25) is 10.0 Å². The molecule has 1 aliphatic rings. The molecule has 1 aromatic carbocycles. The quantitative estimate of drug-likeness (QED) is 0.916. The number of hydrogen-bond acceptors (Lipinski definition) is 4. The van der Waals surface area contributed by atoms with Crippen LogP contribution >= 0.6 is 0 Å². The lowest BCUT2D eigenvalue weighted by atomic mass is 10.1. The molecule has 0 radical (unpaired) electrons. The molecule has 1 aromatic heterocycles. The van der Waals surface area contributed by atoms with Gasteiger partial charge in [-0.05, 0) is 31.7 Å². The molecular weight excluding hydrogens is 319 g/mol. The van der Waals surface area contributed by atoms with E-state index < -0.39 is 15.8 Å². The van der Waals surface area contributed by atoms with Gasteiger partial charge in [-0.25, -0.2) is 22.5 Å². The predicted molar refractivity (Wildman–Crippen MR) is 85.4 cm³/mol. The van der Waals surface area contributed by atoms with Gasteiger partial charge in [-0.2, -0.15) is 0 Å². The summed E-state index contributed by atoms with van der Waals surface area (Å²) in [4.78, 5) is 6.23. The van der Waals surface area contributed by atoms with E-state index in [1.807, 2.05) is 22.7 Å². The lowest BCUT2D eigenvalue weighted by Gasteiger charge is -2.20. The molecule has 1 aliphatic heterocycles. The van der Waals surface area contributed by atoms with E-state index in [1.165, 1.54) is 19.2 Å². The van der Waals surface area contributed by atoms with Gasteiger partial charge in [0.25, 0.3) is 0 Å². The maximum atomic E-state index is 14.4. The van der Waals surface area contributed by atoms with Crippen molar-refractivity contribution in [3.05, 3.63) is 42.2 Å². The Morgan fingerprint density at radius 1 is 1.39 bits per heavy atom. The summed E-state index contributed by atoms with van der Waals surface area (Å²) in [5.41, 5.74) is 0.428. The smallest absolute Gasteiger partial charge is 0.240 e. The lowest BCUT2D eigenvalue weighted by Crippen LogP contribution is -2.22. The molecule has 6 nitrogen and oxygen atoms in total. The first-order valence-corrected chi connectivity index (χ1v) is 8.86. The molecule has 2 aromatic rings. The van der Waals surface area contributed by atoms with Crippen LogP contribution < -0.4 is 9.62 Å². The molecule has 0 aliphatic carbocycles. The average molecular weight is 338 g/mol. The van der Waals surface area contributed by atoms with E-state index in [9.17, 15) is 12.8 Å². The van der Waals surface area contributed by atoms with Crippen molar-refractivity contribution in [2.24, 2.45) is 7.05 Å². The topological polar surface area (TPSA) is 67.2 Å². The number of hydrogen-bond donors (Lipinski definition) is 1. The number of aryl methyl sites for hydroxylation is 1. The Bertz CT molecular complexity index is 819. The van der Waals surface area contributed by atoms with Crippen LogP contribution in [0.15, 0.2) is 35.5 Å². The van der Waals surface area contributed by atoms with Crippen molar-refractivity contribution < 1.29 is 12.8 Å². The van der Waals surface area contributed by atoms with E-state index in [-0.39, 0.29) is 10.8 Å². The lowest BCUT2D eigenvalue weighted by molar-refractivity contribution is 0.583. The van der Waals surface area contributed by atoms with Crippen LogP contribution in [0, 0.1) is 5.82 Å². The normalized spacial score (nSPS) is 18.6. The molecule has 1 unspecified atom stereocenters. The molecule has 1 atom stereocenters. The first-order valence-electron chi connectivity index (χ1n) is 7.37. The van der Waals surface area contributed by atoms with Crippen molar-refractivity contribution in [2.45, 2.75) is 17.2 Å². The monoisotopic (exact) mass is 338 g/mol. The van der Waals surface area contributed by atoms with Crippen LogP contribution in [0.5, 0.6) is 0 Å². The minimum atomic E-state index is -3.63. The Morgan fingerprint density at radius 3 is 2.78 bits per heavy atom. The Labute approximate surface area is 135 Å². The van der Waals surface area contributed by atoms with Crippen molar-refractivity contribution in [3.63, 3.8) is 0 Å². The van der Waals surface area contributed by atoms with Crippen LogP contribution in [0.25, 0.3) is 0 Å². The van der Waals surface area contributed by atoms with Crippen molar-refractivity contribution in [2.75, 3.05) is 25.0 Å². The number of rotatable bonds is 4. The predicted octanol–water partition coefficient (Wildman–Crippen LogP) is 1.46. The molecule has 2 heterocycles. The second-order valence-corrected chi connectivity index (χ2v) is 7.54. The number of benzene rings is 1. The van der Waals surface area contributed by atoms with Crippen LogP contribution in [-0.2, 0) is 17.1 Å². The number of aromatic nitrogens is 2. The first-order chi connectivity index (χ1) is 10.9. The molecule has 3 rings (SSSR count). The average Bonchev–Trinajstić information content (AvgIpc) is 3.15. The Hall–Kier alpha value is -1.93. The van der Waals surface area contributed by atoms with E-state index in [0.29, 0.717) is 18.8 Å². The maximum absolute atomic E-state index is 14.4. The maximum Gasteiger partial charge on any atom is 0.240 e. The zero-order valence-electron chi connectivity index (χ0n) is 13.0. The summed E-state index contributed by atoms with van der Waals surface area (Å²) >= 11 is 0. The van der Waals surface area contributed by atoms with Crippen LogP contribution in [0.4, 0.5) is 10.1 Å². The van der Waals surface area contributed by atoms with Gasteiger partial charge in [-0.3, -0.25) is 0 Å². The van der Waals surface area contributed by atoms with Crippen molar-refractivity contribution >= 4 is 15.7 Å². The molecule has 8 heteroatoms. The third-order valence-electron chi connectivity index (χ3n) is 4.25. The fraction of sp³-hybridized carbons (Fsp3) is 0.400. The van der Waals surface area contributed by atoms with Gasteiger partial charge >= 0.3 is 0 Å². The summed E-state index contributed by atoms with van der Waals surface area (Å²) in [5, 5.41) is 0. The van der Waals surface area contributed by atoms with Crippen molar-refractivity contribution in [3.8, 4) is 0 Å². The number of anilines is 1. The molecule has 0 amide bonds. The fourth-order valence-corrected chi connectivity index (χ4v) is 3.73. The SMILES string of the molecule is CNS(=O)(=O)c1ccc(N2CCC(c3nccn3C)C2)c(F)c1. The Morgan fingerprint density at radius 2 is 2.17 bits per heavy atom. The molecule has 124 valence electrons. The Balaban J connectivity index is 1.82. The van der Waals surface area contributed by atoms with E-state index >= 15 is 0 Å². The zero-order chi connectivity index (χ0) is 16.6. The van der Waals surface area contributed by atoms with Gasteiger partial charge in [0.15, 0.2) is 0 Å². The largest absolute Gasteiger partial charge is 0.368 e. The van der Waals surface area contributed by atoms with E-state index in [4.69, 9.17) is 0 Å². The first kappa shape index (κ1) is 15.9. The second kappa shape index (κ2) is 5.93. The molecule has 1 fully saturated rings. The molecular formula is C15H19FN4O2S. The molecule has 0 spiro atoms. The minimum absolute atomic E-state index is 0.0684. The highest BCUT2D eigenvalue weighted by Gasteiger charge is 2.28. The second-order valence-electron chi connectivity index (χ2n) is 5.65. The minimum Gasteiger partial charge on any atom is -0.368 e. The number of halogens is 1. The summed E-state index contributed by atoms with van der Waals surface area (Å²) in [5.74, 6) is 0.708. The van der Waals surface area contributed by atoms with Crippen LogP contribution in [-0.4, -0.2) is 38.1 Å². The van der Waals surface area contributed by atoms with Crippen LogP contribution in [0.1, 0.15) is 18.2 Å². The Kier molecular flexibility index (Phi) is 4.11. The molecule has 1 N–H and O–H groups in total. The zero-order valence-corrected chi connectivity index (χ0v) is 13.8. The fourth-order valence-electron chi connectivity index (χ4n) is 2.99. The highest BCUT2D eigenvalue weighted by molar-refractivity contribution is 7.89. The molecule has 0 saturated carbocycles. The molecule has 23 heavy (non-hydrogen) atoms. The number of nitrogens with zero attached hydrogens (tertiary/aromatic N) is 3. The van der Waals surface area contributed by atoms with Gasteiger partial charge in [0.05, 0.1) is 10.6 Å². The molecule has 0 bridgehead atoms. The number of sulfonamides is 1. The van der Waals surface area contributed by atoms with Gasteiger partial charge < -0.3 is 9.47 Å². The molecule has 1 saturated heterocycles. The number of imidazole rings is 1. The summed E-state index contributed by atoms with van der Waals surface area (Å²) in [6.07, 6.45) is 4.55. The summed E-state index contributed by atoms with van der Waals surface area (Å²) < 4.78 is 42.0. The van der Waals surface area contributed by atoms with Crippen LogP contribution in [0.3, 0.4) is 0 Å².